The van der Waals surface area contributed by atoms with Crippen LogP contribution in [0.5, 0.6) is 11.5 Å². The molecule has 19 heavy (non-hydrogen) atoms. The molecule has 0 aromatic heterocycles. The molecule has 1 aliphatic heterocycles. The third-order valence-electron chi connectivity index (χ3n) is 3.53. The lowest BCUT2D eigenvalue weighted by Gasteiger charge is -2.29. The molecular weight excluding hydrogens is 378 g/mol. The molecule has 0 amide bonds. The highest BCUT2D eigenvalue weighted by Crippen LogP contribution is 2.45. The number of rotatable bonds is 3. The van der Waals surface area contributed by atoms with Gasteiger partial charge in [0.1, 0.15) is 0 Å². The maximum atomic E-state index is 9.93. The first-order chi connectivity index (χ1) is 9.06. The van der Waals surface area contributed by atoms with Gasteiger partial charge in [0.15, 0.2) is 11.5 Å². The lowest BCUT2D eigenvalue weighted by atomic mass is 9.87. The number of methoxy groups -OCH3 is 1. The predicted octanol–water partition coefficient (Wildman–Crippen LogP) is 3.35. The number of phenols is 1. The van der Waals surface area contributed by atoms with Gasteiger partial charge in [-0.05, 0) is 62.2 Å². The SMILES string of the molecule is COc1cc([C@H](N)C2CCOCC2)c(Br)c(Br)c1O. The molecule has 0 aliphatic carbocycles. The van der Waals surface area contributed by atoms with Crippen molar-refractivity contribution in [1.29, 1.82) is 0 Å². The number of hydrogen-bond acceptors (Lipinski definition) is 4. The fraction of sp³-hybridized carbons (Fsp3) is 0.538. The first kappa shape index (κ1) is 15.1. The number of ether oxygens (including phenoxy) is 2. The van der Waals surface area contributed by atoms with Crippen molar-refractivity contribution in [3.63, 3.8) is 0 Å². The van der Waals surface area contributed by atoms with Crippen LogP contribution in [0.1, 0.15) is 24.4 Å². The Hall–Kier alpha value is -0.300. The second-order valence-electron chi connectivity index (χ2n) is 4.62. The molecular formula is C13H17Br2NO3. The third kappa shape index (κ3) is 3.07. The molecule has 1 atom stereocenters. The van der Waals surface area contributed by atoms with E-state index in [2.05, 4.69) is 31.9 Å². The third-order valence-corrected chi connectivity index (χ3v) is 5.69. The van der Waals surface area contributed by atoms with Gasteiger partial charge in [0, 0.05) is 23.7 Å². The van der Waals surface area contributed by atoms with Crippen LogP contribution in [0.3, 0.4) is 0 Å². The first-order valence-electron chi connectivity index (χ1n) is 6.14. The standard InChI is InChI=1S/C13H17Br2NO3/c1-18-9-6-8(10(14)11(15)13(9)17)12(16)7-2-4-19-5-3-7/h6-7,12,17H,2-5,16H2,1H3/t12-/m1/s1. The Labute approximate surface area is 129 Å². The molecule has 0 radical (unpaired) electrons. The molecule has 1 aromatic carbocycles. The zero-order chi connectivity index (χ0) is 14.0. The van der Waals surface area contributed by atoms with E-state index >= 15 is 0 Å². The molecule has 106 valence electrons. The molecule has 0 spiro atoms. The average Bonchev–Trinajstić information content (AvgIpc) is 2.45. The monoisotopic (exact) mass is 393 g/mol. The van der Waals surface area contributed by atoms with E-state index in [1.54, 1.807) is 6.07 Å². The van der Waals surface area contributed by atoms with E-state index in [0.717, 1.165) is 36.1 Å². The summed E-state index contributed by atoms with van der Waals surface area (Å²) in [5.41, 5.74) is 7.31. The highest BCUT2D eigenvalue weighted by Gasteiger charge is 2.26. The van der Waals surface area contributed by atoms with E-state index < -0.39 is 0 Å². The number of phenolic OH excluding ortho intramolecular Hbond substituents is 1. The Balaban J connectivity index is 2.35. The van der Waals surface area contributed by atoms with Crippen LogP contribution in [0.25, 0.3) is 0 Å². The number of benzene rings is 1. The van der Waals surface area contributed by atoms with Crippen LogP contribution >= 0.6 is 31.9 Å². The van der Waals surface area contributed by atoms with Gasteiger partial charge in [-0.3, -0.25) is 0 Å². The van der Waals surface area contributed by atoms with Crippen molar-refractivity contribution < 1.29 is 14.6 Å². The summed E-state index contributed by atoms with van der Waals surface area (Å²) >= 11 is 6.84. The molecule has 0 saturated carbocycles. The zero-order valence-electron chi connectivity index (χ0n) is 10.7. The summed E-state index contributed by atoms with van der Waals surface area (Å²) in [4.78, 5) is 0. The van der Waals surface area contributed by atoms with Gasteiger partial charge in [-0.1, -0.05) is 0 Å². The van der Waals surface area contributed by atoms with Gasteiger partial charge in [-0.25, -0.2) is 0 Å². The summed E-state index contributed by atoms with van der Waals surface area (Å²) in [6, 6.07) is 1.69. The van der Waals surface area contributed by atoms with Crippen LogP contribution in [-0.4, -0.2) is 25.4 Å². The van der Waals surface area contributed by atoms with E-state index in [9.17, 15) is 5.11 Å². The van der Waals surface area contributed by atoms with Gasteiger partial charge in [0.25, 0.3) is 0 Å². The largest absolute Gasteiger partial charge is 0.503 e. The van der Waals surface area contributed by atoms with Gasteiger partial charge >= 0.3 is 0 Å². The number of hydrogen-bond donors (Lipinski definition) is 2. The van der Waals surface area contributed by atoms with Crippen LogP contribution in [0, 0.1) is 5.92 Å². The van der Waals surface area contributed by atoms with Gasteiger partial charge in [-0.2, -0.15) is 0 Å². The van der Waals surface area contributed by atoms with E-state index in [0.29, 0.717) is 16.1 Å². The summed E-state index contributed by atoms with van der Waals surface area (Å²) in [5, 5.41) is 9.93. The Kier molecular flexibility index (Phi) is 5.11. The van der Waals surface area contributed by atoms with Crippen molar-refractivity contribution in [2.24, 2.45) is 11.7 Å². The van der Waals surface area contributed by atoms with E-state index in [1.165, 1.54) is 7.11 Å². The molecule has 6 heteroatoms. The molecule has 2 rings (SSSR count). The van der Waals surface area contributed by atoms with Crippen molar-refractivity contribution in [1.82, 2.24) is 0 Å². The average molecular weight is 395 g/mol. The van der Waals surface area contributed by atoms with Gasteiger partial charge < -0.3 is 20.3 Å². The van der Waals surface area contributed by atoms with E-state index in [1.807, 2.05) is 0 Å². The lowest BCUT2D eigenvalue weighted by molar-refractivity contribution is 0.0582. The summed E-state index contributed by atoms with van der Waals surface area (Å²) in [6.45, 7) is 1.51. The summed E-state index contributed by atoms with van der Waals surface area (Å²) in [6.07, 6.45) is 1.91. The predicted molar refractivity (Wildman–Crippen MR) is 80.5 cm³/mol. The second kappa shape index (κ2) is 6.43. The van der Waals surface area contributed by atoms with Crippen molar-refractivity contribution in [3.05, 3.63) is 20.6 Å². The van der Waals surface area contributed by atoms with Crippen LogP contribution in [0.15, 0.2) is 15.0 Å². The quantitative estimate of drug-likeness (QED) is 0.824. The Morgan fingerprint density at radius 3 is 2.58 bits per heavy atom. The number of halogens is 2. The van der Waals surface area contributed by atoms with Crippen molar-refractivity contribution in [2.45, 2.75) is 18.9 Å². The van der Waals surface area contributed by atoms with Crippen molar-refractivity contribution >= 4 is 31.9 Å². The van der Waals surface area contributed by atoms with Gasteiger partial charge in [0.2, 0.25) is 0 Å². The highest BCUT2D eigenvalue weighted by molar-refractivity contribution is 9.13. The molecule has 1 saturated heterocycles. The Morgan fingerprint density at radius 1 is 1.37 bits per heavy atom. The summed E-state index contributed by atoms with van der Waals surface area (Å²) < 4.78 is 11.9. The highest BCUT2D eigenvalue weighted by atomic mass is 79.9. The van der Waals surface area contributed by atoms with Crippen LogP contribution in [0.2, 0.25) is 0 Å². The minimum absolute atomic E-state index is 0.0808. The van der Waals surface area contributed by atoms with Crippen LogP contribution in [-0.2, 0) is 4.74 Å². The zero-order valence-corrected chi connectivity index (χ0v) is 13.8. The molecule has 1 aromatic rings. The molecule has 4 nitrogen and oxygen atoms in total. The first-order valence-corrected chi connectivity index (χ1v) is 7.73. The van der Waals surface area contributed by atoms with Crippen LogP contribution < -0.4 is 10.5 Å². The fourth-order valence-corrected chi connectivity index (χ4v) is 3.33. The molecule has 0 unspecified atom stereocenters. The van der Waals surface area contributed by atoms with Crippen molar-refractivity contribution in [2.75, 3.05) is 20.3 Å². The second-order valence-corrected chi connectivity index (χ2v) is 6.21. The minimum Gasteiger partial charge on any atom is -0.503 e. The van der Waals surface area contributed by atoms with Crippen molar-refractivity contribution in [3.8, 4) is 11.5 Å². The smallest absolute Gasteiger partial charge is 0.173 e. The normalized spacial score (nSPS) is 18.3. The topological polar surface area (TPSA) is 64.7 Å². The maximum Gasteiger partial charge on any atom is 0.173 e. The van der Waals surface area contributed by atoms with Crippen LogP contribution in [0.4, 0.5) is 0 Å². The van der Waals surface area contributed by atoms with E-state index in [-0.39, 0.29) is 11.8 Å². The summed E-state index contributed by atoms with van der Waals surface area (Å²) in [5.74, 6) is 0.885. The molecule has 1 aliphatic rings. The van der Waals surface area contributed by atoms with Gasteiger partial charge in [0.05, 0.1) is 11.6 Å². The maximum absolute atomic E-state index is 9.93. The molecule has 1 fully saturated rings. The minimum atomic E-state index is -0.107. The lowest BCUT2D eigenvalue weighted by Crippen LogP contribution is -2.27. The number of aromatic hydroxyl groups is 1. The van der Waals surface area contributed by atoms with Gasteiger partial charge in [-0.15, -0.1) is 0 Å². The molecule has 3 N–H and O–H groups in total. The Bertz CT molecular complexity index is 462. The molecule has 0 bridgehead atoms. The van der Waals surface area contributed by atoms with E-state index in [4.69, 9.17) is 15.2 Å². The number of nitrogens with two attached hydrogens (primary N) is 1. The summed E-state index contributed by atoms with van der Waals surface area (Å²) in [7, 11) is 1.53. The molecule has 1 heterocycles. The fourth-order valence-electron chi connectivity index (χ4n) is 2.34. The Morgan fingerprint density at radius 2 is 2.00 bits per heavy atom.